The lowest BCUT2D eigenvalue weighted by atomic mass is 10.1. The Morgan fingerprint density at radius 3 is 2.33 bits per heavy atom. The fourth-order valence-corrected chi connectivity index (χ4v) is 1.64. The predicted octanol–water partition coefficient (Wildman–Crippen LogP) is 1.09. The molecule has 15 heavy (non-hydrogen) atoms. The molecule has 0 fully saturated rings. The van der Waals surface area contributed by atoms with Gasteiger partial charge in [0.15, 0.2) is 0 Å². The zero-order chi connectivity index (χ0) is 11.6. The van der Waals surface area contributed by atoms with Gasteiger partial charge in [0, 0.05) is 17.7 Å². The van der Waals surface area contributed by atoms with Crippen LogP contribution >= 0.6 is 22.6 Å². The van der Waals surface area contributed by atoms with E-state index in [1.54, 1.807) is 32.3 Å². The molecule has 0 saturated heterocycles. The minimum Gasteiger partial charge on any atom is -0.366 e. The van der Waals surface area contributed by atoms with E-state index in [2.05, 4.69) is 22.6 Å². The lowest BCUT2D eigenvalue weighted by molar-refractivity contribution is 0.0820. The van der Waals surface area contributed by atoms with E-state index in [-0.39, 0.29) is 11.5 Å². The summed E-state index contributed by atoms with van der Waals surface area (Å²) in [5.41, 5.74) is 5.80. The first-order valence-corrected chi connectivity index (χ1v) is 5.32. The van der Waals surface area contributed by atoms with Crippen molar-refractivity contribution in [1.29, 1.82) is 0 Å². The zero-order valence-electron chi connectivity index (χ0n) is 8.45. The Labute approximate surface area is 102 Å². The number of carbonyl (C=O) groups excluding carboxylic acids is 2. The number of amides is 2. The molecular weight excluding hydrogens is 307 g/mol. The molecule has 0 aliphatic rings. The van der Waals surface area contributed by atoms with Gasteiger partial charge in [-0.2, -0.15) is 0 Å². The molecule has 1 rings (SSSR count). The molecule has 0 saturated carbocycles. The smallest absolute Gasteiger partial charge is 0.254 e. The predicted molar refractivity (Wildman–Crippen MR) is 65.7 cm³/mol. The van der Waals surface area contributed by atoms with Crippen molar-refractivity contribution in [1.82, 2.24) is 4.90 Å². The number of hydrogen-bond acceptors (Lipinski definition) is 2. The van der Waals surface area contributed by atoms with Gasteiger partial charge in [0.1, 0.15) is 0 Å². The normalized spacial score (nSPS) is 9.80. The van der Waals surface area contributed by atoms with Crippen LogP contribution < -0.4 is 5.73 Å². The Morgan fingerprint density at radius 1 is 1.27 bits per heavy atom. The Bertz CT molecular complexity index is 416. The van der Waals surface area contributed by atoms with E-state index in [1.807, 2.05) is 0 Å². The van der Waals surface area contributed by atoms with Crippen molar-refractivity contribution < 1.29 is 9.59 Å². The number of halogens is 1. The number of nitrogens with zero attached hydrogens (tertiary/aromatic N) is 1. The average Bonchev–Trinajstić information content (AvgIpc) is 2.15. The molecule has 4 nitrogen and oxygen atoms in total. The highest BCUT2D eigenvalue weighted by Gasteiger charge is 2.16. The minimum atomic E-state index is -0.586. The molecule has 0 spiro atoms. The Kier molecular flexibility index (Phi) is 3.67. The first-order valence-electron chi connectivity index (χ1n) is 4.24. The van der Waals surface area contributed by atoms with Gasteiger partial charge in [0.2, 0.25) is 5.91 Å². The second-order valence-electron chi connectivity index (χ2n) is 3.25. The fraction of sp³-hybridized carbons (Fsp3) is 0.200. The Morgan fingerprint density at radius 2 is 1.87 bits per heavy atom. The summed E-state index contributed by atoms with van der Waals surface area (Å²) in [6.07, 6.45) is 0. The molecular formula is C10H11IN2O2. The van der Waals surface area contributed by atoms with Crippen molar-refractivity contribution in [3.63, 3.8) is 0 Å². The standard InChI is InChI=1S/C10H11IN2O2/c1-13(2)10(15)8-5-6(11)3-4-7(8)9(12)14/h3-5H,1-2H3,(H2,12,14). The first kappa shape index (κ1) is 12.0. The van der Waals surface area contributed by atoms with E-state index < -0.39 is 5.91 Å². The number of primary amides is 1. The van der Waals surface area contributed by atoms with E-state index in [9.17, 15) is 9.59 Å². The highest BCUT2D eigenvalue weighted by Crippen LogP contribution is 2.15. The van der Waals surface area contributed by atoms with Crippen LogP contribution in [0.5, 0.6) is 0 Å². The van der Waals surface area contributed by atoms with E-state index in [4.69, 9.17) is 5.73 Å². The number of carbonyl (C=O) groups is 2. The largest absolute Gasteiger partial charge is 0.366 e. The summed E-state index contributed by atoms with van der Waals surface area (Å²) < 4.78 is 0.891. The highest BCUT2D eigenvalue weighted by atomic mass is 127. The van der Waals surface area contributed by atoms with E-state index in [0.717, 1.165) is 3.57 Å². The van der Waals surface area contributed by atoms with Crippen LogP contribution in [-0.2, 0) is 0 Å². The summed E-state index contributed by atoms with van der Waals surface area (Å²) in [6.45, 7) is 0. The monoisotopic (exact) mass is 318 g/mol. The number of nitrogens with two attached hydrogens (primary N) is 1. The van der Waals surface area contributed by atoms with Gasteiger partial charge >= 0.3 is 0 Å². The van der Waals surface area contributed by atoms with Crippen LogP contribution in [0.4, 0.5) is 0 Å². The van der Waals surface area contributed by atoms with E-state index in [0.29, 0.717) is 5.56 Å². The molecule has 2 N–H and O–H groups in total. The maximum Gasteiger partial charge on any atom is 0.254 e. The van der Waals surface area contributed by atoms with Crippen molar-refractivity contribution in [2.75, 3.05) is 14.1 Å². The van der Waals surface area contributed by atoms with Gasteiger partial charge in [0.05, 0.1) is 11.1 Å². The van der Waals surface area contributed by atoms with Crippen LogP contribution in [-0.4, -0.2) is 30.8 Å². The van der Waals surface area contributed by atoms with Gasteiger partial charge < -0.3 is 10.6 Å². The quantitative estimate of drug-likeness (QED) is 0.830. The summed E-state index contributed by atoms with van der Waals surface area (Å²) in [6, 6.07) is 4.97. The maximum atomic E-state index is 11.7. The van der Waals surface area contributed by atoms with Gasteiger partial charge in [0.25, 0.3) is 5.91 Å². The van der Waals surface area contributed by atoms with Gasteiger partial charge in [-0.1, -0.05) is 0 Å². The van der Waals surface area contributed by atoms with Crippen molar-refractivity contribution >= 4 is 34.4 Å². The summed E-state index contributed by atoms with van der Waals surface area (Å²) in [4.78, 5) is 24.3. The molecule has 0 bridgehead atoms. The van der Waals surface area contributed by atoms with Gasteiger partial charge in [-0.05, 0) is 40.8 Å². The molecule has 0 unspecified atom stereocenters. The average molecular weight is 318 g/mol. The summed E-state index contributed by atoms with van der Waals surface area (Å²) >= 11 is 2.08. The molecule has 0 aliphatic heterocycles. The minimum absolute atomic E-state index is 0.220. The van der Waals surface area contributed by atoms with Crippen molar-refractivity contribution in [3.8, 4) is 0 Å². The molecule has 80 valence electrons. The second-order valence-corrected chi connectivity index (χ2v) is 4.50. The number of rotatable bonds is 2. The Hall–Kier alpha value is -1.11. The topological polar surface area (TPSA) is 63.4 Å². The molecule has 0 radical (unpaired) electrons. The lowest BCUT2D eigenvalue weighted by Gasteiger charge is -2.12. The summed E-state index contributed by atoms with van der Waals surface area (Å²) in [5, 5.41) is 0. The number of hydrogen-bond donors (Lipinski definition) is 1. The summed E-state index contributed by atoms with van der Waals surface area (Å²) in [7, 11) is 3.26. The van der Waals surface area contributed by atoms with Gasteiger partial charge in [-0.15, -0.1) is 0 Å². The molecule has 0 aliphatic carbocycles. The van der Waals surface area contributed by atoms with Gasteiger partial charge in [-0.3, -0.25) is 9.59 Å². The molecule has 0 heterocycles. The van der Waals surface area contributed by atoms with Crippen LogP contribution in [0.1, 0.15) is 20.7 Å². The highest BCUT2D eigenvalue weighted by molar-refractivity contribution is 14.1. The van der Waals surface area contributed by atoms with E-state index >= 15 is 0 Å². The number of benzene rings is 1. The molecule has 5 heteroatoms. The molecule has 1 aromatic carbocycles. The second kappa shape index (κ2) is 4.61. The maximum absolute atomic E-state index is 11.7. The SMILES string of the molecule is CN(C)C(=O)c1cc(I)ccc1C(N)=O. The van der Waals surface area contributed by atoms with Crippen LogP contribution in [0.2, 0.25) is 0 Å². The van der Waals surface area contributed by atoms with Crippen LogP contribution in [0.25, 0.3) is 0 Å². The van der Waals surface area contributed by atoms with Crippen LogP contribution in [0.15, 0.2) is 18.2 Å². The van der Waals surface area contributed by atoms with Crippen LogP contribution in [0, 0.1) is 3.57 Å². The van der Waals surface area contributed by atoms with Crippen molar-refractivity contribution in [2.24, 2.45) is 5.73 Å². The zero-order valence-corrected chi connectivity index (χ0v) is 10.6. The summed E-state index contributed by atoms with van der Waals surface area (Å²) in [5.74, 6) is -0.807. The van der Waals surface area contributed by atoms with Gasteiger partial charge in [-0.25, -0.2) is 0 Å². The molecule has 2 amide bonds. The third-order valence-electron chi connectivity index (χ3n) is 1.88. The van der Waals surface area contributed by atoms with Crippen molar-refractivity contribution in [3.05, 3.63) is 32.9 Å². The lowest BCUT2D eigenvalue weighted by Crippen LogP contribution is -2.25. The first-order chi connectivity index (χ1) is 6.93. The van der Waals surface area contributed by atoms with E-state index in [1.165, 1.54) is 4.90 Å². The van der Waals surface area contributed by atoms with Crippen LogP contribution in [0.3, 0.4) is 0 Å². The molecule has 0 atom stereocenters. The van der Waals surface area contributed by atoms with Crippen molar-refractivity contribution in [2.45, 2.75) is 0 Å². The Balaban J connectivity index is 3.30. The molecule has 1 aromatic rings. The fourth-order valence-electron chi connectivity index (χ4n) is 1.15. The third kappa shape index (κ3) is 2.68. The molecule has 0 aromatic heterocycles. The third-order valence-corrected chi connectivity index (χ3v) is 2.55.